The summed E-state index contributed by atoms with van der Waals surface area (Å²) in [4.78, 5) is 12.7. The van der Waals surface area contributed by atoms with E-state index >= 15 is 0 Å². The number of para-hydroxylation sites is 1. The third-order valence-electron chi connectivity index (χ3n) is 4.26. The fraction of sp³-hybridized carbons (Fsp3) is 0.211. The molecule has 0 fully saturated rings. The number of nitrogens with one attached hydrogen (secondary N) is 1. The van der Waals surface area contributed by atoms with Crippen LogP contribution in [0.25, 0.3) is 11.0 Å². The first-order valence-corrected chi connectivity index (χ1v) is 9.58. The third kappa shape index (κ3) is 4.12. The third-order valence-corrected chi connectivity index (χ3v) is 5.22. The van der Waals surface area contributed by atoms with Crippen LogP contribution in [0.3, 0.4) is 0 Å². The van der Waals surface area contributed by atoms with E-state index in [4.69, 9.17) is 4.42 Å². The summed E-state index contributed by atoms with van der Waals surface area (Å²) in [7, 11) is -1.68. The van der Waals surface area contributed by atoms with Crippen LogP contribution in [0.5, 0.6) is 0 Å². The lowest BCUT2D eigenvalue weighted by Crippen LogP contribution is -2.49. The topological polar surface area (TPSA) is 82.7 Å². The van der Waals surface area contributed by atoms with Gasteiger partial charge in [-0.25, -0.2) is 0 Å². The lowest BCUT2D eigenvalue weighted by molar-refractivity contribution is -0.121. The van der Waals surface area contributed by atoms with Gasteiger partial charge in [0.05, 0.1) is 12.2 Å². The van der Waals surface area contributed by atoms with E-state index in [2.05, 4.69) is 5.32 Å². The normalized spacial score (nSPS) is 13.3. The molecule has 0 aliphatic rings. The molecule has 2 aromatic carbocycles. The average Bonchev–Trinajstić information content (AvgIpc) is 3.06. The van der Waals surface area contributed by atoms with E-state index in [0.717, 1.165) is 22.1 Å². The summed E-state index contributed by atoms with van der Waals surface area (Å²) >= 11 is 1.40. The minimum Gasteiger partial charge on any atom is -0.464 e. The van der Waals surface area contributed by atoms with Crippen LogP contribution in [-0.4, -0.2) is 35.3 Å². The summed E-state index contributed by atoms with van der Waals surface area (Å²) in [6.07, 6.45) is 3.71. The van der Waals surface area contributed by atoms with Gasteiger partial charge >= 0.3 is 7.12 Å². The first kappa shape index (κ1) is 18.6. The van der Waals surface area contributed by atoms with Crippen LogP contribution in [0.1, 0.15) is 16.4 Å². The molecule has 0 aliphatic heterocycles. The van der Waals surface area contributed by atoms with E-state index in [1.54, 1.807) is 6.26 Å². The van der Waals surface area contributed by atoms with Gasteiger partial charge in [0.15, 0.2) is 0 Å². The predicted molar refractivity (Wildman–Crippen MR) is 105 cm³/mol. The largest absolute Gasteiger partial charge is 0.475 e. The predicted octanol–water partition coefficient (Wildman–Crippen LogP) is 2.58. The molecule has 0 saturated carbocycles. The number of amides is 1. The molecule has 5 nitrogen and oxygen atoms in total. The van der Waals surface area contributed by atoms with Crippen LogP contribution >= 0.6 is 11.8 Å². The van der Waals surface area contributed by atoms with Crippen LogP contribution in [0, 0.1) is 0 Å². The molecule has 0 aliphatic carbocycles. The van der Waals surface area contributed by atoms with Gasteiger partial charge in [-0.1, -0.05) is 48.5 Å². The Hall–Kier alpha value is -2.22. The molecule has 3 N–H and O–H groups in total. The fourth-order valence-electron chi connectivity index (χ4n) is 2.94. The maximum atomic E-state index is 12.7. The number of rotatable bonds is 7. The van der Waals surface area contributed by atoms with Crippen molar-refractivity contribution >= 4 is 35.8 Å². The molecule has 1 amide bonds. The molecule has 0 radical (unpaired) electrons. The van der Waals surface area contributed by atoms with Crippen molar-refractivity contribution in [3.63, 3.8) is 0 Å². The second kappa shape index (κ2) is 8.44. The van der Waals surface area contributed by atoms with Gasteiger partial charge in [0, 0.05) is 5.39 Å². The molecule has 0 bridgehead atoms. The van der Waals surface area contributed by atoms with E-state index in [1.165, 1.54) is 11.8 Å². The van der Waals surface area contributed by atoms with Crippen molar-refractivity contribution < 1.29 is 19.3 Å². The summed E-state index contributed by atoms with van der Waals surface area (Å²) in [5, 5.41) is 22.8. The van der Waals surface area contributed by atoms with Crippen LogP contribution in [-0.2, 0) is 11.2 Å². The molecule has 3 aromatic rings. The van der Waals surface area contributed by atoms with Gasteiger partial charge in [-0.05, 0) is 29.9 Å². The Kier molecular flexibility index (Phi) is 6.03. The highest BCUT2D eigenvalue weighted by Crippen LogP contribution is 2.27. The van der Waals surface area contributed by atoms with Crippen molar-refractivity contribution in [2.75, 3.05) is 6.26 Å². The van der Waals surface area contributed by atoms with Crippen LogP contribution in [0.4, 0.5) is 0 Å². The zero-order valence-corrected chi connectivity index (χ0v) is 15.1. The minimum absolute atomic E-state index is 0.255. The monoisotopic (exact) mass is 369 g/mol. The quantitative estimate of drug-likeness (QED) is 0.558. The van der Waals surface area contributed by atoms with Crippen molar-refractivity contribution in [2.45, 2.75) is 17.6 Å². The fourth-order valence-corrected chi connectivity index (χ4v) is 3.65. The number of hydrogen-bond acceptors (Lipinski definition) is 5. The molecule has 1 heterocycles. The molecule has 1 unspecified atom stereocenters. The van der Waals surface area contributed by atoms with Gasteiger partial charge in [0.2, 0.25) is 5.91 Å². The summed E-state index contributed by atoms with van der Waals surface area (Å²) in [5.41, 5.74) is 2.42. The second-order valence-electron chi connectivity index (χ2n) is 6.02. The number of carbonyl (C=O) groups is 1. The van der Waals surface area contributed by atoms with Crippen molar-refractivity contribution in [3.05, 3.63) is 72.0 Å². The number of benzene rings is 2. The molecule has 26 heavy (non-hydrogen) atoms. The highest BCUT2D eigenvalue weighted by molar-refractivity contribution is 7.99. The second-order valence-corrected chi connectivity index (χ2v) is 6.96. The average molecular weight is 369 g/mol. The molecule has 3 rings (SSSR count). The molecular formula is C19H20BNO4S. The van der Waals surface area contributed by atoms with Gasteiger partial charge < -0.3 is 19.8 Å². The highest BCUT2D eigenvalue weighted by atomic mass is 32.2. The van der Waals surface area contributed by atoms with Gasteiger partial charge in [0.25, 0.3) is 0 Å². The lowest BCUT2D eigenvalue weighted by Gasteiger charge is -2.21. The number of hydrogen-bond donors (Lipinski definition) is 3. The first-order chi connectivity index (χ1) is 12.6. The van der Waals surface area contributed by atoms with E-state index in [0.29, 0.717) is 0 Å². The first-order valence-electron chi connectivity index (χ1n) is 8.29. The molecule has 0 spiro atoms. The maximum absolute atomic E-state index is 12.7. The van der Waals surface area contributed by atoms with Crippen molar-refractivity contribution in [1.29, 1.82) is 0 Å². The molecule has 0 saturated heterocycles. The van der Waals surface area contributed by atoms with Crippen molar-refractivity contribution in [2.24, 2.45) is 0 Å². The smallest absolute Gasteiger partial charge is 0.464 e. The van der Waals surface area contributed by atoms with Crippen molar-refractivity contribution in [1.82, 2.24) is 5.32 Å². The van der Waals surface area contributed by atoms with Crippen LogP contribution < -0.4 is 5.32 Å². The van der Waals surface area contributed by atoms with Gasteiger partial charge in [-0.15, -0.1) is 11.8 Å². The van der Waals surface area contributed by atoms with E-state index in [-0.39, 0.29) is 12.3 Å². The number of fused-ring (bicyclic) bond motifs is 1. The zero-order chi connectivity index (χ0) is 18.5. The number of thioether (sulfide) groups is 1. The summed E-state index contributed by atoms with van der Waals surface area (Å²) in [6, 6.07) is 16.9. The van der Waals surface area contributed by atoms with Crippen molar-refractivity contribution in [3.8, 4) is 0 Å². The lowest BCUT2D eigenvalue weighted by atomic mass is 9.75. The minimum atomic E-state index is -1.68. The number of carbonyl (C=O) groups excluding carboxylic acids is 1. The van der Waals surface area contributed by atoms with E-state index < -0.39 is 18.3 Å². The molecule has 7 heteroatoms. The van der Waals surface area contributed by atoms with E-state index in [1.807, 2.05) is 60.9 Å². The summed E-state index contributed by atoms with van der Waals surface area (Å²) < 4.78 is 5.49. The molecule has 1 aromatic heterocycles. The highest BCUT2D eigenvalue weighted by Gasteiger charge is 2.30. The summed E-state index contributed by atoms with van der Waals surface area (Å²) in [5.74, 6) is -1.09. The number of furan rings is 1. The zero-order valence-electron chi connectivity index (χ0n) is 14.3. The van der Waals surface area contributed by atoms with E-state index in [9.17, 15) is 14.8 Å². The van der Waals surface area contributed by atoms with Crippen LogP contribution in [0.2, 0.25) is 0 Å². The van der Waals surface area contributed by atoms with Gasteiger partial charge in [0.1, 0.15) is 10.8 Å². The Morgan fingerprint density at radius 3 is 2.54 bits per heavy atom. The Morgan fingerprint density at radius 1 is 1.15 bits per heavy atom. The maximum Gasteiger partial charge on any atom is 0.475 e. The van der Waals surface area contributed by atoms with Crippen LogP contribution in [0.15, 0.2) is 65.3 Å². The molecule has 2 atom stereocenters. The molecular weight excluding hydrogens is 349 g/mol. The summed E-state index contributed by atoms with van der Waals surface area (Å²) in [6.45, 7) is 0. The Labute approximate surface area is 156 Å². The molecule has 134 valence electrons. The Balaban J connectivity index is 1.77. The Bertz CT molecular complexity index is 868. The SMILES string of the molecule is CSC(C(=O)N[C@@H](Cc1coc2ccccc12)B(O)O)c1ccccc1. The van der Waals surface area contributed by atoms with Gasteiger partial charge in [-0.2, -0.15) is 0 Å². The van der Waals surface area contributed by atoms with Gasteiger partial charge in [-0.3, -0.25) is 4.79 Å². The standard InChI is InChI=1S/C19H20BNO4S/c1-26-18(13-7-3-2-4-8-13)19(22)21-17(20(23)24)11-14-12-25-16-10-6-5-9-15(14)16/h2-10,12,17-18,23-24H,11H2,1H3,(H,21,22)/t17-,18?/m0/s1. The Morgan fingerprint density at radius 2 is 1.85 bits per heavy atom.